The van der Waals surface area contributed by atoms with Crippen molar-refractivity contribution < 1.29 is 17.5 Å². The summed E-state index contributed by atoms with van der Waals surface area (Å²) < 4.78 is 45.1. The molecule has 2 rings (SSSR count). The zero-order valence-electron chi connectivity index (χ0n) is 10.9. The van der Waals surface area contributed by atoms with Gasteiger partial charge in [0.2, 0.25) is 0 Å². The Morgan fingerprint density at radius 2 is 1.95 bits per heavy atom. The molecule has 0 saturated heterocycles. The first kappa shape index (κ1) is 15.4. The number of ether oxygens (including phenoxy) is 1. The molecule has 0 aliphatic carbocycles. The van der Waals surface area contributed by atoms with Gasteiger partial charge in [-0.05, 0) is 36.4 Å². The number of nitrogen functional groups attached to an aromatic ring is 1. The summed E-state index contributed by atoms with van der Waals surface area (Å²) in [4.78, 5) is -0.116. The van der Waals surface area contributed by atoms with Gasteiger partial charge in [-0.3, -0.25) is 4.72 Å². The second kappa shape index (κ2) is 5.79. The summed E-state index contributed by atoms with van der Waals surface area (Å²) in [5.41, 5.74) is 5.51. The highest BCUT2D eigenvalue weighted by Crippen LogP contribution is 2.28. The highest BCUT2D eigenvalue weighted by molar-refractivity contribution is 7.92. The number of benzene rings is 2. The summed E-state index contributed by atoms with van der Waals surface area (Å²) in [6, 6.07) is 7.53. The van der Waals surface area contributed by atoms with Gasteiger partial charge in [0, 0.05) is 5.69 Å². The topological polar surface area (TPSA) is 81.4 Å². The molecule has 21 heavy (non-hydrogen) atoms. The van der Waals surface area contributed by atoms with E-state index in [-0.39, 0.29) is 21.3 Å². The van der Waals surface area contributed by atoms with Crippen LogP contribution in [0.3, 0.4) is 0 Å². The first-order valence-electron chi connectivity index (χ1n) is 5.75. The average Bonchev–Trinajstić information content (AvgIpc) is 2.42. The SMILES string of the molecule is COc1ccc(S(=O)(=O)Nc2cc(N)ccc2F)cc1Cl. The normalized spacial score (nSPS) is 11.2. The lowest BCUT2D eigenvalue weighted by Gasteiger charge is -2.11. The lowest BCUT2D eigenvalue weighted by atomic mass is 10.3. The molecular weight excluding hydrogens is 319 g/mol. The van der Waals surface area contributed by atoms with Crippen molar-refractivity contribution in [3.05, 3.63) is 47.2 Å². The Bertz CT molecular complexity index is 781. The summed E-state index contributed by atoms with van der Waals surface area (Å²) in [6.07, 6.45) is 0. The molecule has 0 aliphatic heterocycles. The third-order valence-electron chi connectivity index (χ3n) is 2.67. The van der Waals surface area contributed by atoms with Crippen molar-refractivity contribution in [2.24, 2.45) is 0 Å². The number of halogens is 2. The van der Waals surface area contributed by atoms with Crippen molar-refractivity contribution in [1.29, 1.82) is 0 Å². The standard InChI is InChI=1S/C13H12ClFN2O3S/c1-20-13-5-3-9(7-10(13)14)21(18,19)17-12-6-8(16)2-4-11(12)15/h2-7,17H,16H2,1H3. The van der Waals surface area contributed by atoms with Gasteiger partial charge in [-0.25, -0.2) is 12.8 Å². The summed E-state index contributed by atoms with van der Waals surface area (Å²) in [7, 11) is -2.57. The summed E-state index contributed by atoms with van der Waals surface area (Å²) in [5.74, 6) is -0.391. The van der Waals surface area contributed by atoms with E-state index in [9.17, 15) is 12.8 Å². The highest BCUT2D eigenvalue weighted by Gasteiger charge is 2.18. The van der Waals surface area contributed by atoms with Crippen LogP contribution in [0, 0.1) is 5.82 Å². The van der Waals surface area contributed by atoms with Crippen LogP contribution in [0.1, 0.15) is 0 Å². The Kier molecular flexibility index (Phi) is 4.24. The second-order valence-corrected chi connectivity index (χ2v) is 6.23. The van der Waals surface area contributed by atoms with Gasteiger partial charge in [0.05, 0.1) is 22.7 Å². The Morgan fingerprint density at radius 1 is 1.24 bits per heavy atom. The zero-order chi connectivity index (χ0) is 15.6. The molecule has 5 nitrogen and oxygen atoms in total. The van der Waals surface area contributed by atoms with Crippen LogP contribution in [0.2, 0.25) is 5.02 Å². The van der Waals surface area contributed by atoms with E-state index in [0.29, 0.717) is 5.75 Å². The van der Waals surface area contributed by atoms with Gasteiger partial charge >= 0.3 is 0 Å². The summed E-state index contributed by atoms with van der Waals surface area (Å²) in [6.45, 7) is 0. The molecule has 0 atom stereocenters. The Balaban J connectivity index is 2.38. The van der Waals surface area contributed by atoms with Crippen LogP contribution in [0.5, 0.6) is 5.75 Å². The maximum atomic E-state index is 13.6. The molecule has 2 aromatic rings. The van der Waals surface area contributed by atoms with Crippen LogP contribution < -0.4 is 15.2 Å². The monoisotopic (exact) mass is 330 g/mol. The molecular formula is C13H12ClFN2O3S. The molecule has 0 bridgehead atoms. The molecule has 0 radical (unpaired) electrons. The Hall–Kier alpha value is -1.99. The molecule has 3 N–H and O–H groups in total. The fraction of sp³-hybridized carbons (Fsp3) is 0.0769. The molecule has 0 amide bonds. The van der Waals surface area contributed by atoms with E-state index >= 15 is 0 Å². The van der Waals surface area contributed by atoms with Crippen LogP contribution in [0.25, 0.3) is 0 Å². The van der Waals surface area contributed by atoms with Crippen molar-refractivity contribution >= 4 is 33.0 Å². The van der Waals surface area contributed by atoms with E-state index in [1.165, 1.54) is 37.4 Å². The minimum absolute atomic E-state index is 0.116. The smallest absolute Gasteiger partial charge is 0.262 e. The number of nitrogens with two attached hydrogens (primary N) is 1. The molecule has 0 spiro atoms. The maximum absolute atomic E-state index is 13.6. The summed E-state index contributed by atoms with van der Waals surface area (Å²) >= 11 is 5.88. The van der Waals surface area contributed by atoms with Crippen molar-refractivity contribution in [3.8, 4) is 5.75 Å². The number of methoxy groups -OCH3 is 1. The largest absolute Gasteiger partial charge is 0.495 e. The number of nitrogens with one attached hydrogen (secondary N) is 1. The predicted molar refractivity (Wildman–Crippen MR) is 79.6 cm³/mol. The van der Waals surface area contributed by atoms with Crippen molar-refractivity contribution in [3.63, 3.8) is 0 Å². The van der Waals surface area contributed by atoms with Gasteiger partial charge in [0.1, 0.15) is 11.6 Å². The number of hydrogen-bond acceptors (Lipinski definition) is 4. The van der Waals surface area contributed by atoms with E-state index < -0.39 is 15.8 Å². The third-order valence-corrected chi connectivity index (χ3v) is 4.33. The zero-order valence-corrected chi connectivity index (χ0v) is 12.5. The number of sulfonamides is 1. The van der Waals surface area contributed by atoms with E-state index in [0.717, 1.165) is 6.07 Å². The minimum Gasteiger partial charge on any atom is -0.495 e. The molecule has 2 aromatic carbocycles. The van der Waals surface area contributed by atoms with Crippen LogP contribution in [-0.2, 0) is 10.0 Å². The lowest BCUT2D eigenvalue weighted by Crippen LogP contribution is -2.14. The number of rotatable bonds is 4. The van der Waals surface area contributed by atoms with Crippen molar-refractivity contribution in [1.82, 2.24) is 0 Å². The van der Waals surface area contributed by atoms with Crippen molar-refractivity contribution in [2.75, 3.05) is 17.6 Å². The molecule has 0 heterocycles. The van der Waals surface area contributed by atoms with Gasteiger partial charge in [0.15, 0.2) is 0 Å². The molecule has 112 valence electrons. The van der Waals surface area contributed by atoms with Gasteiger partial charge in [-0.1, -0.05) is 11.6 Å². The Labute approximate surface area is 126 Å². The number of hydrogen-bond donors (Lipinski definition) is 2. The molecule has 0 aliphatic rings. The first-order valence-corrected chi connectivity index (χ1v) is 7.61. The van der Waals surface area contributed by atoms with Gasteiger partial charge in [-0.15, -0.1) is 0 Å². The molecule has 0 saturated carbocycles. The Morgan fingerprint density at radius 3 is 2.57 bits per heavy atom. The second-order valence-electron chi connectivity index (χ2n) is 4.14. The lowest BCUT2D eigenvalue weighted by molar-refractivity contribution is 0.414. The first-order chi connectivity index (χ1) is 9.83. The van der Waals surface area contributed by atoms with Crippen molar-refractivity contribution in [2.45, 2.75) is 4.90 Å². The highest BCUT2D eigenvalue weighted by atomic mass is 35.5. The third kappa shape index (κ3) is 3.37. The fourth-order valence-electron chi connectivity index (χ4n) is 1.64. The van der Waals surface area contributed by atoms with E-state index in [4.69, 9.17) is 22.1 Å². The van der Waals surface area contributed by atoms with Crippen LogP contribution in [0.15, 0.2) is 41.3 Å². The van der Waals surface area contributed by atoms with Crippen LogP contribution in [0.4, 0.5) is 15.8 Å². The molecule has 8 heteroatoms. The summed E-state index contributed by atoms with van der Waals surface area (Å²) in [5, 5.41) is 0.133. The number of anilines is 2. The molecule has 0 aromatic heterocycles. The van der Waals surface area contributed by atoms with E-state index in [1.807, 2.05) is 0 Å². The van der Waals surface area contributed by atoms with Gasteiger partial charge in [0.25, 0.3) is 10.0 Å². The van der Waals surface area contributed by atoms with E-state index in [1.54, 1.807) is 0 Å². The van der Waals surface area contributed by atoms with Gasteiger partial charge in [-0.2, -0.15) is 0 Å². The van der Waals surface area contributed by atoms with Gasteiger partial charge < -0.3 is 10.5 Å². The fourth-order valence-corrected chi connectivity index (χ4v) is 3.05. The minimum atomic E-state index is -3.99. The van der Waals surface area contributed by atoms with Crippen LogP contribution in [-0.4, -0.2) is 15.5 Å². The maximum Gasteiger partial charge on any atom is 0.262 e. The quantitative estimate of drug-likeness (QED) is 0.845. The van der Waals surface area contributed by atoms with Crippen LogP contribution >= 0.6 is 11.6 Å². The molecule has 0 unspecified atom stereocenters. The predicted octanol–water partition coefficient (Wildman–Crippen LogP) is 2.87. The van der Waals surface area contributed by atoms with E-state index in [2.05, 4.69) is 4.72 Å². The average molecular weight is 331 g/mol. The molecule has 0 fully saturated rings.